The Bertz CT molecular complexity index is 1430. The number of hydrogen-bond donors (Lipinski definition) is 1. The van der Waals surface area contributed by atoms with Crippen molar-refractivity contribution in [3.8, 4) is 5.75 Å². The summed E-state index contributed by atoms with van der Waals surface area (Å²) in [6.45, 7) is 0. The number of fused-ring (bicyclic) bond motifs is 1. The van der Waals surface area contributed by atoms with Gasteiger partial charge >= 0.3 is 0 Å². The van der Waals surface area contributed by atoms with E-state index < -0.39 is 10.0 Å². The number of carbonyl (C=O) groups is 1. The molecule has 4 rings (SSSR count). The fourth-order valence-corrected chi connectivity index (χ4v) is 4.05. The number of rotatable bonds is 8. The normalized spacial score (nSPS) is 11.5. The Labute approximate surface area is 191 Å². The van der Waals surface area contributed by atoms with Crippen molar-refractivity contribution >= 4 is 44.6 Å². The Kier molecular flexibility index (Phi) is 6.41. The van der Waals surface area contributed by atoms with Crippen molar-refractivity contribution in [3.63, 3.8) is 0 Å². The molecule has 0 atom stereocenters. The van der Waals surface area contributed by atoms with Crippen molar-refractivity contribution in [1.82, 2.24) is 9.97 Å². The summed E-state index contributed by atoms with van der Waals surface area (Å²) in [6.07, 6.45) is 2.97. The molecule has 0 bridgehead atoms. The van der Waals surface area contributed by atoms with Crippen molar-refractivity contribution in [1.29, 1.82) is 0 Å². The monoisotopic (exact) mass is 460 g/mol. The number of nitrogens with zero attached hydrogens (tertiary/aromatic N) is 3. The lowest BCUT2D eigenvalue weighted by atomic mass is 10.1. The van der Waals surface area contributed by atoms with Crippen LogP contribution in [0.25, 0.3) is 11.0 Å². The van der Waals surface area contributed by atoms with Crippen LogP contribution in [0, 0.1) is 0 Å². The van der Waals surface area contributed by atoms with Crippen LogP contribution in [0.1, 0.15) is 16.8 Å². The third-order valence-electron chi connectivity index (χ3n) is 4.74. The van der Waals surface area contributed by atoms with Crippen LogP contribution in [0.4, 0.5) is 11.5 Å². The predicted octanol–water partition coefficient (Wildman–Crippen LogP) is 4.41. The number of nitrogens with one attached hydrogen (secondary N) is 1. The molecule has 4 aromatic rings. The average molecular weight is 461 g/mol. The number of hydrogen-bond acceptors (Lipinski definition) is 7. The van der Waals surface area contributed by atoms with Gasteiger partial charge in [-0.3, -0.25) is 19.5 Å². The average Bonchev–Trinajstić information content (AvgIpc) is 2.84. The molecule has 0 saturated carbocycles. The number of carbonyl (C=O) groups excluding carboxylic acids is 1. The highest BCUT2D eigenvalue weighted by Crippen LogP contribution is 2.20. The fraction of sp³-hybridized carbons (Fsp3) is 0.0833. The molecule has 9 heteroatoms. The third-order valence-corrected chi connectivity index (χ3v) is 6.11. The van der Waals surface area contributed by atoms with Crippen molar-refractivity contribution in [3.05, 3.63) is 84.6 Å². The van der Waals surface area contributed by atoms with Gasteiger partial charge in [0.05, 0.1) is 34.9 Å². The molecule has 8 nitrogen and oxygen atoms in total. The van der Waals surface area contributed by atoms with Gasteiger partial charge in [-0.25, -0.2) is 13.4 Å². The molecule has 0 fully saturated rings. The molecule has 1 aromatic heterocycles. The number of aliphatic imine (C=N–C) groups is 1. The third kappa shape index (κ3) is 5.39. The first-order valence-corrected chi connectivity index (χ1v) is 11.5. The first kappa shape index (κ1) is 22.1. The number of ether oxygens (including phenoxy) is 1. The first-order chi connectivity index (χ1) is 15.9. The lowest BCUT2D eigenvalue weighted by Crippen LogP contribution is -2.14. The van der Waals surface area contributed by atoms with E-state index in [1.54, 1.807) is 61.7 Å². The fourth-order valence-electron chi connectivity index (χ4n) is 3.06. The number of benzene rings is 3. The molecular weight excluding hydrogens is 440 g/mol. The van der Waals surface area contributed by atoms with E-state index in [1.165, 1.54) is 24.5 Å². The molecular formula is C24H20N4O4S. The number of Topliss-reactive ketones (excluding diaryl/α,β-unsaturated/α-hetero) is 1. The van der Waals surface area contributed by atoms with Crippen LogP contribution in [0.15, 0.2) is 88.9 Å². The van der Waals surface area contributed by atoms with Crippen LogP contribution in [0.2, 0.25) is 0 Å². The number of sulfonamides is 1. The van der Waals surface area contributed by atoms with Gasteiger partial charge in [-0.05, 0) is 48.5 Å². The molecule has 1 heterocycles. The summed E-state index contributed by atoms with van der Waals surface area (Å²) in [5.74, 6) is 0.641. The molecule has 0 radical (unpaired) electrons. The number of methoxy groups -OCH3 is 1. The maximum absolute atomic E-state index is 12.7. The summed E-state index contributed by atoms with van der Waals surface area (Å²) in [5, 5.41) is 0. The predicted molar refractivity (Wildman–Crippen MR) is 127 cm³/mol. The van der Waals surface area contributed by atoms with Crippen molar-refractivity contribution < 1.29 is 17.9 Å². The molecule has 0 unspecified atom stereocenters. The Balaban J connectivity index is 1.41. The molecule has 166 valence electrons. The number of anilines is 1. The molecule has 0 spiro atoms. The van der Waals surface area contributed by atoms with Gasteiger partial charge in [0.1, 0.15) is 5.75 Å². The van der Waals surface area contributed by atoms with E-state index in [1.807, 2.05) is 6.07 Å². The van der Waals surface area contributed by atoms with Gasteiger partial charge in [-0.15, -0.1) is 0 Å². The summed E-state index contributed by atoms with van der Waals surface area (Å²) < 4.78 is 32.9. The zero-order valence-corrected chi connectivity index (χ0v) is 18.5. The lowest BCUT2D eigenvalue weighted by molar-refractivity contribution is 0.100. The van der Waals surface area contributed by atoms with Gasteiger partial charge in [0.15, 0.2) is 11.6 Å². The molecule has 0 aliphatic heterocycles. The van der Waals surface area contributed by atoms with Crippen LogP contribution in [0.5, 0.6) is 5.75 Å². The van der Waals surface area contributed by atoms with E-state index >= 15 is 0 Å². The zero-order valence-electron chi connectivity index (χ0n) is 17.7. The van der Waals surface area contributed by atoms with Gasteiger partial charge in [0.2, 0.25) is 0 Å². The minimum absolute atomic E-state index is 0.0591. The Morgan fingerprint density at radius 2 is 1.79 bits per heavy atom. The van der Waals surface area contributed by atoms with Gasteiger partial charge in [0, 0.05) is 18.2 Å². The molecule has 0 saturated heterocycles. The van der Waals surface area contributed by atoms with Crippen molar-refractivity contribution in [2.24, 2.45) is 4.99 Å². The molecule has 0 aliphatic rings. The highest BCUT2D eigenvalue weighted by Gasteiger charge is 2.15. The molecule has 33 heavy (non-hydrogen) atoms. The first-order valence-electron chi connectivity index (χ1n) is 9.99. The number of para-hydroxylation sites is 2. The van der Waals surface area contributed by atoms with Crippen molar-refractivity contribution in [2.45, 2.75) is 11.3 Å². The van der Waals surface area contributed by atoms with Crippen LogP contribution in [-0.4, -0.2) is 37.5 Å². The summed E-state index contributed by atoms with van der Waals surface area (Å²) in [6, 6.07) is 20.1. The maximum Gasteiger partial charge on any atom is 0.263 e. The van der Waals surface area contributed by atoms with E-state index in [0.717, 1.165) is 0 Å². The second-order valence-corrected chi connectivity index (χ2v) is 8.70. The van der Waals surface area contributed by atoms with Gasteiger partial charge < -0.3 is 4.74 Å². The lowest BCUT2D eigenvalue weighted by Gasteiger charge is -2.08. The van der Waals surface area contributed by atoms with E-state index in [4.69, 9.17) is 4.74 Å². The van der Waals surface area contributed by atoms with Gasteiger partial charge in [-0.2, -0.15) is 0 Å². The van der Waals surface area contributed by atoms with Crippen LogP contribution in [-0.2, 0) is 10.0 Å². The van der Waals surface area contributed by atoms with Crippen LogP contribution < -0.4 is 9.46 Å². The molecule has 0 amide bonds. The summed E-state index contributed by atoms with van der Waals surface area (Å²) in [7, 11) is -2.30. The van der Waals surface area contributed by atoms with Gasteiger partial charge in [-0.1, -0.05) is 24.3 Å². The van der Waals surface area contributed by atoms with Crippen LogP contribution in [0.3, 0.4) is 0 Å². The summed E-state index contributed by atoms with van der Waals surface area (Å²) in [5.41, 5.74) is 2.32. The quantitative estimate of drug-likeness (QED) is 0.308. The minimum atomic E-state index is -3.85. The summed E-state index contributed by atoms with van der Waals surface area (Å²) in [4.78, 5) is 25.1. The largest absolute Gasteiger partial charge is 0.497 e. The Hall–Kier alpha value is -4.11. The maximum atomic E-state index is 12.7. The standard InChI is InChI=1S/C24H20N4O4S/c1-32-19-6-4-5-17(15-19)23(29)13-14-25-18-9-11-20(12-10-18)33(30,31)28-24-16-26-21-7-2-3-8-22(21)27-24/h2-12,14-16H,13H2,1H3,(H,27,28). The van der Waals surface area contributed by atoms with E-state index in [2.05, 4.69) is 19.7 Å². The van der Waals surface area contributed by atoms with Crippen LogP contribution >= 0.6 is 0 Å². The highest BCUT2D eigenvalue weighted by atomic mass is 32.2. The topological polar surface area (TPSA) is 111 Å². The Morgan fingerprint density at radius 3 is 2.55 bits per heavy atom. The second-order valence-electron chi connectivity index (χ2n) is 7.01. The van der Waals surface area contributed by atoms with E-state index in [9.17, 15) is 13.2 Å². The smallest absolute Gasteiger partial charge is 0.263 e. The minimum Gasteiger partial charge on any atom is -0.497 e. The molecule has 3 aromatic carbocycles. The second kappa shape index (κ2) is 9.58. The SMILES string of the molecule is COc1cccc(C(=O)CC=Nc2ccc(S(=O)(=O)Nc3cnc4ccccc4n3)cc2)c1. The number of aromatic nitrogens is 2. The van der Waals surface area contributed by atoms with E-state index in [0.29, 0.717) is 28.0 Å². The van der Waals surface area contributed by atoms with E-state index in [-0.39, 0.29) is 22.9 Å². The summed E-state index contributed by atoms with van der Waals surface area (Å²) >= 11 is 0. The Morgan fingerprint density at radius 1 is 1.03 bits per heavy atom. The zero-order chi connectivity index (χ0) is 23.3. The van der Waals surface area contributed by atoms with Crippen molar-refractivity contribution in [2.75, 3.05) is 11.8 Å². The molecule has 1 N–H and O–H groups in total. The molecule has 0 aliphatic carbocycles. The highest BCUT2D eigenvalue weighted by molar-refractivity contribution is 7.92. The van der Waals surface area contributed by atoms with Gasteiger partial charge in [0.25, 0.3) is 10.0 Å². The number of ketones is 1.